The van der Waals surface area contributed by atoms with Crippen molar-refractivity contribution in [3.8, 4) is 0 Å². The van der Waals surface area contributed by atoms with Gasteiger partial charge in [0, 0.05) is 26.5 Å². The molecule has 1 aromatic heterocycles. The molecule has 0 saturated carbocycles. The van der Waals surface area contributed by atoms with Crippen LogP contribution in [-0.4, -0.2) is 30.3 Å². The van der Waals surface area contributed by atoms with E-state index in [0.29, 0.717) is 0 Å². The molecule has 0 atom stereocenters. The molecule has 0 fully saturated rings. The Morgan fingerprint density at radius 2 is 2.00 bits per heavy atom. The lowest BCUT2D eigenvalue weighted by atomic mass is 10.6. The smallest absolute Gasteiger partial charge is 0.146 e. The molecule has 0 aliphatic rings. The number of hydrogen-bond acceptors (Lipinski definition) is 4. The van der Waals surface area contributed by atoms with Gasteiger partial charge < -0.3 is 9.69 Å². The van der Waals surface area contributed by atoms with E-state index in [4.69, 9.17) is 4.79 Å². The van der Waals surface area contributed by atoms with E-state index >= 15 is 0 Å². The summed E-state index contributed by atoms with van der Waals surface area (Å²) in [5.41, 5.74) is 0. The summed E-state index contributed by atoms with van der Waals surface area (Å²) in [5, 5.41) is 0. The van der Waals surface area contributed by atoms with E-state index in [1.165, 1.54) is 6.92 Å². The number of aromatic nitrogens is 2. The number of rotatable bonds is 1. The molecule has 0 N–H and O–H groups in total. The van der Waals surface area contributed by atoms with Crippen LogP contribution in [0.2, 0.25) is 0 Å². The van der Waals surface area contributed by atoms with Crippen LogP contribution in [0.4, 0.5) is 5.82 Å². The zero-order chi connectivity index (χ0) is 9.40. The predicted octanol–water partition coefficient (Wildman–Crippen LogP) is 0.748. The Bertz CT molecular complexity index is 211. The molecule has 12 heavy (non-hydrogen) atoms. The van der Waals surface area contributed by atoms with E-state index in [-0.39, 0.29) is 0 Å². The molecule has 0 aliphatic heterocycles. The Hall–Kier alpha value is -1.45. The van der Waals surface area contributed by atoms with E-state index in [0.717, 1.165) is 12.1 Å². The zero-order valence-electron chi connectivity index (χ0n) is 7.56. The molecule has 0 unspecified atom stereocenters. The lowest BCUT2D eigenvalue weighted by molar-refractivity contribution is -0.106. The highest BCUT2D eigenvalue weighted by Crippen LogP contribution is 1.99. The molecule has 4 heteroatoms. The summed E-state index contributed by atoms with van der Waals surface area (Å²) in [6.07, 6.45) is 5.81. The molecule has 0 aliphatic carbocycles. The van der Waals surface area contributed by atoms with Crippen molar-refractivity contribution in [3.05, 3.63) is 18.6 Å². The van der Waals surface area contributed by atoms with Gasteiger partial charge in [0.2, 0.25) is 0 Å². The van der Waals surface area contributed by atoms with Crippen LogP contribution in [-0.2, 0) is 4.79 Å². The van der Waals surface area contributed by atoms with Gasteiger partial charge in [0.05, 0.1) is 6.20 Å². The molecule has 1 heterocycles. The minimum absolute atomic E-state index is 0.750. The van der Waals surface area contributed by atoms with Crippen molar-refractivity contribution in [1.82, 2.24) is 9.97 Å². The largest absolute Gasteiger partial charge is 0.361 e. The quantitative estimate of drug-likeness (QED) is 0.579. The number of carbonyl (C=O) groups is 1. The molecular formula is C8H13N3O. The van der Waals surface area contributed by atoms with Crippen LogP contribution in [0.25, 0.3) is 0 Å². The summed E-state index contributed by atoms with van der Waals surface area (Å²) in [6.45, 7) is 1.44. The molecule has 0 radical (unpaired) electrons. The van der Waals surface area contributed by atoms with Crippen molar-refractivity contribution in [2.45, 2.75) is 6.92 Å². The molecule has 1 aromatic rings. The fraction of sp³-hybridized carbons (Fsp3) is 0.375. The highest BCUT2D eigenvalue weighted by Gasteiger charge is 1.90. The molecule has 1 rings (SSSR count). The van der Waals surface area contributed by atoms with E-state index in [2.05, 4.69) is 9.97 Å². The maximum Gasteiger partial charge on any atom is 0.146 e. The lowest BCUT2D eigenvalue weighted by Gasteiger charge is -2.08. The van der Waals surface area contributed by atoms with Gasteiger partial charge in [-0.05, 0) is 6.92 Å². The zero-order valence-corrected chi connectivity index (χ0v) is 7.56. The van der Waals surface area contributed by atoms with Gasteiger partial charge in [-0.3, -0.25) is 4.98 Å². The Morgan fingerprint density at radius 1 is 1.42 bits per heavy atom. The highest BCUT2D eigenvalue weighted by molar-refractivity contribution is 5.44. The van der Waals surface area contributed by atoms with Gasteiger partial charge in [0.1, 0.15) is 12.1 Å². The number of nitrogens with zero attached hydrogens (tertiary/aromatic N) is 3. The molecule has 0 bridgehead atoms. The van der Waals surface area contributed by atoms with E-state index < -0.39 is 0 Å². The normalized spacial score (nSPS) is 7.92. The first kappa shape index (κ1) is 10.6. The fourth-order valence-electron chi connectivity index (χ4n) is 0.522. The summed E-state index contributed by atoms with van der Waals surface area (Å²) in [5.74, 6) is 0.887. The third kappa shape index (κ3) is 4.38. The van der Waals surface area contributed by atoms with Crippen molar-refractivity contribution in [1.29, 1.82) is 0 Å². The molecule has 0 spiro atoms. The summed E-state index contributed by atoms with van der Waals surface area (Å²) in [7, 11) is 3.87. The van der Waals surface area contributed by atoms with E-state index in [1.54, 1.807) is 18.6 Å². The minimum Gasteiger partial charge on any atom is -0.361 e. The van der Waals surface area contributed by atoms with Crippen molar-refractivity contribution in [2.24, 2.45) is 0 Å². The maximum atomic E-state index is 8.81. The molecule has 66 valence electrons. The first-order valence-corrected chi connectivity index (χ1v) is 3.55. The van der Waals surface area contributed by atoms with Crippen LogP contribution in [0.1, 0.15) is 6.92 Å². The Morgan fingerprint density at radius 3 is 2.25 bits per heavy atom. The van der Waals surface area contributed by atoms with Crippen LogP contribution in [0.5, 0.6) is 0 Å². The molecule has 0 aromatic carbocycles. The number of aldehydes is 1. The number of carbonyl (C=O) groups excluding carboxylic acids is 1. The van der Waals surface area contributed by atoms with E-state index in [9.17, 15) is 0 Å². The van der Waals surface area contributed by atoms with Crippen LogP contribution >= 0.6 is 0 Å². The molecular weight excluding hydrogens is 154 g/mol. The van der Waals surface area contributed by atoms with Crippen molar-refractivity contribution in [2.75, 3.05) is 19.0 Å². The van der Waals surface area contributed by atoms with Crippen LogP contribution < -0.4 is 4.90 Å². The topological polar surface area (TPSA) is 46.1 Å². The predicted molar refractivity (Wildman–Crippen MR) is 48.1 cm³/mol. The summed E-state index contributed by atoms with van der Waals surface area (Å²) < 4.78 is 0. The number of anilines is 1. The second-order valence-corrected chi connectivity index (χ2v) is 2.19. The van der Waals surface area contributed by atoms with Gasteiger partial charge >= 0.3 is 0 Å². The monoisotopic (exact) mass is 167 g/mol. The maximum absolute atomic E-state index is 8.81. The molecule has 0 saturated heterocycles. The van der Waals surface area contributed by atoms with Gasteiger partial charge in [-0.25, -0.2) is 4.98 Å². The Balaban J connectivity index is 0.000000354. The second-order valence-electron chi connectivity index (χ2n) is 2.19. The third-order valence-electron chi connectivity index (χ3n) is 1.01. The Labute approximate surface area is 72.3 Å². The van der Waals surface area contributed by atoms with Crippen LogP contribution in [0, 0.1) is 0 Å². The lowest BCUT2D eigenvalue weighted by Crippen LogP contribution is -2.10. The highest BCUT2D eigenvalue weighted by atomic mass is 16.1. The van der Waals surface area contributed by atoms with Gasteiger partial charge in [0.25, 0.3) is 0 Å². The van der Waals surface area contributed by atoms with Crippen LogP contribution in [0.15, 0.2) is 18.6 Å². The average Bonchev–Trinajstić information content (AvgIpc) is 2.07. The van der Waals surface area contributed by atoms with Gasteiger partial charge in [-0.2, -0.15) is 0 Å². The standard InChI is InChI=1S/C6H9N3.C2H4O/c1-9(2)6-5-7-3-4-8-6;1-2-3/h3-5H,1-2H3;2H,1H3. The summed E-state index contributed by atoms with van der Waals surface area (Å²) >= 11 is 0. The molecule has 4 nitrogen and oxygen atoms in total. The summed E-state index contributed by atoms with van der Waals surface area (Å²) in [4.78, 5) is 18.7. The number of hydrogen-bond donors (Lipinski definition) is 0. The first-order chi connectivity index (χ1) is 5.72. The first-order valence-electron chi connectivity index (χ1n) is 3.55. The summed E-state index contributed by atoms with van der Waals surface area (Å²) in [6, 6.07) is 0. The third-order valence-corrected chi connectivity index (χ3v) is 1.01. The van der Waals surface area contributed by atoms with Crippen molar-refractivity contribution in [3.63, 3.8) is 0 Å². The minimum atomic E-state index is 0.750. The second kappa shape index (κ2) is 6.27. The Kier molecular flexibility index (Phi) is 5.51. The SMILES string of the molecule is CC=O.CN(C)c1cnccn1. The average molecular weight is 167 g/mol. The molecule has 0 amide bonds. The van der Waals surface area contributed by atoms with E-state index in [1.807, 2.05) is 19.0 Å². The van der Waals surface area contributed by atoms with Crippen molar-refractivity contribution >= 4 is 12.1 Å². The van der Waals surface area contributed by atoms with Gasteiger partial charge in [-0.1, -0.05) is 0 Å². The van der Waals surface area contributed by atoms with Gasteiger partial charge in [-0.15, -0.1) is 0 Å². The van der Waals surface area contributed by atoms with Crippen molar-refractivity contribution < 1.29 is 4.79 Å². The van der Waals surface area contributed by atoms with Gasteiger partial charge in [0.15, 0.2) is 0 Å². The van der Waals surface area contributed by atoms with Crippen LogP contribution in [0.3, 0.4) is 0 Å². The fourth-order valence-corrected chi connectivity index (χ4v) is 0.522.